The van der Waals surface area contributed by atoms with E-state index in [9.17, 15) is 14.7 Å². The Balaban J connectivity index is 2.20. The van der Waals surface area contributed by atoms with Crippen molar-refractivity contribution in [3.8, 4) is 0 Å². The Morgan fingerprint density at radius 1 is 1.67 bits per heavy atom. The van der Waals surface area contributed by atoms with Crippen molar-refractivity contribution in [1.82, 2.24) is 10.2 Å². The third kappa shape index (κ3) is 4.22. The number of carbonyl (C=O) groups is 2. The second-order valence-electron chi connectivity index (χ2n) is 4.71. The molecule has 2 aliphatic heterocycles. The van der Waals surface area contributed by atoms with Gasteiger partial charge in [0.1, 0.15) is 31.0 Å². The number of hydrogen-bond donors (Lipinski definition) is 3. The fraction of sp³-hybridized carbons (Fsp3) is 0.500. The first kappa shape index (κ1) is 18.0. The van der Waals surface area contributed by atoms with Crippen molar-refractivity contribution < 1.29 is 34.0 Å². The molecule has 132 valence electrons. The van der Waals surface area contributed by atoms with Crippen LogP contribution in [0.1, 0.15) is 6.42 Å². The number of aliphatic hydroxyl groups is 1. The third-order valence-corrected chi connectivity index (χ3v) is 4.62. The van der Waals surface area contributed by atoms with Gasteiger partial charge in [0, 0.05) is 15.9 Å². The first-order chi connectivity index (χ1) is 12.0. The van der Waals surface area contributed by atoms with Crippen molar-refractivity contribution in [3.05, 3.63) is 23.6 Å². The van der Waals surface area contributed by atoms with Gasteiger partial charge >= 0.3 is 6.03 Å². The Labute approximate surface area is 150 Å². The number of nitrogens with zero attached hydrogens (tertiary/aromatic N) is 1. The van der Waals surface area contributed by atoms with E-state index in [0.717, 1.165) is 10.8 Å². The van der Waals surface area contributed by atoms with Crippen LogP contribution >= 0.6 is 31.8 Å². The van der Waals surface area contributed by atoms with Gasteiger partial charge in [0.15, 0.2) is 0 Å². The van der Waals surface area contributed by atoms with E-state index in [1.165, 1.54) is 4.90 Å². The summed E-state index contributed by atoms with van der Waals surface area (Å²) in [6, 6.07) is -0.700. The number of hydrogen-bond acceptors (Lipinski definition) is 9. The minimum absolute atomic E-state index is 0.0804. The van der Waals surface area contributed by atoms with Gasteiger partial charge in [0.05, 0.1) is 6.10 Å². The molecule has 0 bridgehead atoms. The van der Waals surface area contributed by atoms with Gasteiger partial charge in [-0.1, -0.05) is 27.3 Å². The standard InChI is InChI=1S/C12H15N2O7PS2/c1-2-3-6-10(16)13-12(17)14(11(6)24-23)9-4-7(15)8(19-9)5-18-20-21-22/h7-9,11,15,23H,1,4-5,22H2,(H,13,16,17)/i/hT. The molecule has 2 aliphatic rings. The first-order valence-electron chi connectivity index (χ1n) is 7.00. The van der Waals surface area contributed by atoms with E-state index in [4.69, 9.17) is 5.86 Å². The topological polar surface area (TPSA) is 107 Å². The molecule has 0 aromatic carbocycles. The zero-order valence-electron chi connectivity index (χ0n) is 13.2. The van der Waals surface area contributed by atoms with Gasteiger partial charge in [-0.25, -0.2) is 9.68 Å². The van der Waals surface area contributed by atoms with Crippen LogP contribution in [0.5, 0.6) is 0 Å². The van der Waals surface area contributed by atoms with E-state index in [-0.39, 0.29) is 18.6 Å². The molecule has 2 saturated heterocycles. The second kappa shape index (κ2) is 9.03. The molecule has 0 aromatic heterocycles. The van der Waals surface area contributed by atoms with Gasteiger partial charge in [0.25, 0.3) is 5.91 Å². The summed E-state index contributed by atoms with van der Waals surface area (Å²) >= 11 is 0.625. The summed E-state index contributed by atoms with van der Waals surface area (Å²) in [5, 5.41) is 15.7. The monoisotopic (exact) mass is 396 g/mol. The third-order valence-electron chi connectivity index (χ3n) is 3.35. The van der Waals surface area contributed by atoms with Crippen LogP contribution < -0.4 is 5.32 Å². The minimum Gasteiger partial charge on any atom is -0.390 e. The Kier molecular flexibility index (Phi) is 6.76. The SMILES string of the molecule is [3H]SSC1C(=C=C=C)C(=O)NC(=O)N1C1CC(O)C(COOOP)O1. The Hall–Kier alpha value is -0.830. The second-order valence-corrected chi connectivity index (χ2v) is 6.12. The van der Waals surface area contributed by atoms with Crippen molar-refractivity contribution in [2.24, 2.45) is 0 Å². The van der Waals surface area contributed by atoms with Crippen LogP contribution in [-0.2, 0) is 24.1 Å². The first-order valence-corrected chi connectivity index (χ1v) is 8.86. The number of imide groups is 1. The number of thiol groups is 1. The molecule has 9 nitrogen and oxygen atoms in total. The van der Waals surface area contributed by atoms with Gasteiger partial charge in [-0.2, -0.15) is 4.67 Å². The molecule has 2 N–H and O–H groups in total. The zero-order valence-corrected chi connectivity index (χ0v) is 15.0. The summed E-state index contributed by atoms with van der Waals surface area (Å²) in [5.74, 6) is -0.645. The summed E-state index contributed by atoms with van der Waals surface area (Å²) in [4.78, 5) is 30.2. The molecule has 0 aliphatic carbocycles. The molecule has 0 radical (unpaired) electrons. The van der Waals surface area contributed by atoms with Crippen LogP contribution in [0.2, 0.25) is 0 Å². The van der Waals surface area contributed by atoms with Crippen molar-refractivity contribution in [1.29, 1.82) is 1.12 Å². The molecular weight excluding hydrogens is 379 g/mol. The lowest BCUT2D eigenvalue weighted by Gasteiger charge is -2.37. The zero-order chi connectivity index (χ0) is 18.4. The van der Waals surface area contributed by atoms with E-state index in [1.807, 2.05) is 9.47 Å². The highest BCUT2D eigenvalue weighted by Crippen LogP contribution is 2.35. The Morgan fingerprint density at radius 2 is 2.46 bits per heavy atom. The summed E-state index contributed by atoms with van der Waals surface area (Å²) in [6.07, 6.45) is -2.46. The van der Waals surface area contributed by atoms with Crippen LogP contribution in [0.3, 0.4) is 0 Å². The normalized spacial score (nSPS) is 30.7. The van der Waals surface area contributed by atoms with E-state index < -0.39 is 35.7 Å². The van der Waals surface area contributed by atoms with Gasteiger partial charge in [0.2, 0.25) is 0 Å². The molecule has 0 saturated carbocycles. The number of nitrogens with one attached hydrogen (secondary N) is 1. The van der Waals surface area contributed by atoms with E-state index >= 15 is 0 Å². The fourth-order valence-corrected chi connectivity index (χ4v) is 3.54. The molecule has 2 rings (SSSR count). The predicted molar refractivity (Wildman–Crippen MR) is 89.0 cm³/mol. The lowest BCUT2D eigenvalue weighted by atomic mass is 10.1. The number of aliphatic hydroxyl groups excluding tert-OH is 1. The predicted octanol–water partition coefficient (Wildman–Crippen LogP) is 0.454. The number of ether oxygens (including phenoxy) is 1. The van der Waals surface area contributed by atoms with Crippen molar-refractivity contribution in [2.75, 3.05) is 6.61 Å². The van der Waals surface area contributed by atoms with Crippen LogP contribution in [0.4, 0.5) is 4.79 Å². The molecule has 24 heavy (non-hydrogen) atoms. The van der Waals surface area contributed by atoms with E-state index in [0.29, 0.717) is 11.6 Å². The molecule has 0 aromatic rings. The summed E-state index contributed by atoms with van der Waals surface area (Å²) in [6.45, 7) is 3.23. The molecule has 12 heteroatoms. The molecule has 3 amide bonds. The van der Waals surface area contributed by atoms with Gasteiger partial charge in [-0.15, -0.1) is 11.6 Å². The fourth-order valence-electron chi connectivity index (χ4n) is 2.34. The summed E-state index contributed by atoms with van der Waals surface area (Å²) < 4.78 is 17.2. The lowest BCUT2D eigenvalue weighted by Crippen LogP contribution is -2.58. The lowest BCUT2D eigenvalue weighted by molar-refractivity contribution is -0.466. The smallest absolute Gasteiger partial charge is 0.327 e. The molecular formula is C12H15N2O7PS2. The van der Waals surface area contributed by atoms with Gasteiger partial charge < -0.3 is 9.84 Å². The molecule has 2 heterocycles. The quantitative estimate of drug-likeness (QED) is 0.0833. The largest absolute Gasteiger partial charge is 0.390 e. The highest BCUT2D eigenvalue weighted by molar-refractivity contribution is 8.68. The summed E-state index contributed by atoms with van der Waals surface area (Å²) in [7, 11) is 2.76. The molecule has 5 atom stereocenters. The van der Waals surface area contributed by atoms with E-state index in [2.05, 4.69) is 38.0 Å². The van der Waals surface area contributed by atoms with Crippen LogP contribution in [0, 0.1) is 0 Å². The summed E-state index contributed by atoms with van der Waals surface area (Å²) in [5.41, 5.74) is 5.01. The highest BCUT2D eigenvalue weighted by Gasteiger charge is 2.46. The average Bonchev–Trinajstić information content (AvgIpc) is 2.92. The highest BCUT2D eigenvalue weighted by atomic mass is 33.1. The van der Waals surface area contributed by atoms with Crippen molar-refractivity contribution >= 4 is 43.8 Å². The number of carbonyl (C=O) groups excluding carboxylic acids is 2. The minimum atomic E-state index is -0.930. The maximum absolute atomic E-state index is 12.3. The number of urea groups is 1. The Morgan fingerprint density at radius 3 is 3.12 bits per heavy atom. The Bertz CT molecular complexity index is 614. The van der Waals surface area contributed by atoms with Gasteiger partial charge in [-0.3, -0.25) is 15.0 Å². The van der Waals surface area contributed by atoms with Gasteiger partial charge in [-0.05, 0) is 6.58 Å². The van der Waals surface area contributed by atoms with Crippen LogP contribution in [-0.4, -0.2) is 53.5 Å². The van der Waals surface area contributed by atoms with Crippen molar-refractivity contribution in [2.45, 2.75) is 30.2 Å². The maximum Gasteiger partial charge on any atom is 0.327 e. The maximum atomic E-state index is 12.3. The number of amides is 3. The van der Waals surface area contributed by atoms with Crippen LogP contribution in [0.25, 0.3) is 0 Å². The van der Waals surface area contributed by atoms with Crippen molar-refractivity contribution in [3.63, 3.8) is 0 Å². The molecule has 5 unspecified atom stereocenters. The van der Waals surface area contributed by atoms with Crippen LogP contribution in [0.15, 0.2) is 23.6 Å². The average molecular weight is 396 g/mol. The molecule has 2 fully saturated rings. The molecule has 0 spiro atoms. The van der Waals surface area contributed by atoms with E-state index in [1.54, 1.807) is 0 Å². The number of rotatable bonds is 7.